The molecule has 1 aliphatic heterocycles. The Kier molecular flexibility index (Phi) is 8.04. The first kappa shape index (κ1) is 30.6. The number of aliphatic carboxylic acids is 1. The van der Waals surface area contributed by atoms with Crippen LogP contribution in [0.1, 0.15) is 61.3 Å². The number of esters is 2. The smallest absolute Gasteiger partial charge is 0.357 e. The number of amides is 1. The molecule has 6 rings (SSSR count). The van der Waals surface area contributed by atoms with Gasteiger partial charge in [0.15, 0.2) is 23.7 Å². The van der Waals surface area contributed by atoms with E-state index < -0.39 is 59.6 Å². The SMILES string of the molecule is COc1ccc2c3c1O[C@@H]1C(OC(=O)[C@H](OC(=O)CCNC(=O)C[C@H](O)C(=O)O)c4ccccc4)=CC[C@]4(O)[C@@H](CCC[C@@]314)C2. The summed E-state index contributed by atoms with van der Waals surface area (Å²) in [5, 5.41) is 32.7. The topological polar surface area (TPSA) is 178 Å². The maximum atomic E-state index is 13.8. The van der Waals surface area contributed by atoms with Crippen LogP contribution in [0.5, 0.6) is 11.5 Å². The van der Waals surface area contributed by atoms with E-state index in [0.717, 1.165) is 30.4 Å². The third-order valence-electron chi connectivity index (χ3n) is 9.57. The number of benzene rings is 2. The molecular formula is C33H35NO11. The Morgan fingerprint density at radius 3 is 2.64 bits per heavy atom. The molecule has 12 heteroatoms. The Labute approximate surface area is 258 Å². The highest BCUT2D eigenvalue weighted by atomic mass is 16.6. The van der Waals surface area contributed by atoms with Crippen molar-refractivity contribution in [3.63, 3.8) is 0 Å². The normalized spacial score (nSPS) is 26.7. The van der Waals surface area contributed by atoms with Crippen LogP contribution in [-0.4, -0.2) is 70.6 Å². The first-order chi connectivity index (χ1) is 21.6. The molecule has 1 heterocycles. The number of ether oxygens (including phenoxy) is 4. The molecule has 1 amide bonds. The van der Waals surface area contributed by atoms with Gasteiger partial charge in [0, 0.05) is 17.7 Å². The van der Waals surface area contributed by atoms with Crippen LogP contribution < -0.4 is 14.8 Å². The first-order valence-electron chi connectivity index (χ1n) is 15.0. The molecule has 1 saturated carbocycles. The van der Waals surface area contributed by atoms with Crippen molar-refractivity contribution in [1.82, 2.24) is 5.32 Å². The molecule has 2 aromatic carbocycles. The second kappa shape index (κ2) is 11.8. The molecule has 0 radical (unpaired) electrons. The number of aliphatic hydroxyl groups is 2. The molecule has 0 saturated heterocycles. The lowest BCUT2D eigenvalue weighted by Gasteiger charge is -2.59. The predicted molar refractivity (Wildman–Crippen MR) is 155 cm³/mol. The lowest BCUT2D eigenvalue weighted by atomic mass is 9.47. The van der Waals surface area contributed by atoms with E-state index in [2.05, 4.69) is 5.32 Å². The molecule has 0 unspecified atom stereocenters. The van der Waals surface area contributed by atoms with Gasteiger partial charge in [0.05, 0.1) is 31.0 Å². The van der Waals surface area contributed by atoms with Gasteiger partial charge in [-0.25, -0.2) is 9.59 Å². The van der Waals surface area contributed by atoms with Gasteiger partial charge in [0.25, 0.3) is 0 Å². The number of nitrogens with one attached hydrogen (secondary N) is 1. The van der Waals surface area contributed by atoms with Crippen LogP contribution in [0.15, 0.2) is 54.3 Å². The van der Waals surface area contributed by atoms with Crippen molar-refractivity contribution in [2.45, 2.75) is 74.3 Å². The number of rotatable bonds is 11. The molecule has 2 aromatic rings. The Morgan fingerprint density at radius 1 is 1.13 bits per heavy atom. The summed E-state index contributed by atoms with van der Waals surface area (Å²) in [4.78, 5) is 49.2. The molecule has 0 aromatic heterocycles. The van der Waals surface area contributed by atoms with Gasteiger partial charge in [0.1, 0.15) is 5.76 Å². The average molecular weight is 622 g/mol. The van der Waals surface area contributed by atoms with Crippen molar-refractivity contribution < 1.29 is 53.4 Å². The summed E-state index contributed by atoms with van der Waals surface area (Å²) in [6, 6.07) is 12.2. The number of aliphatic hydroxyl groups excluding tert-OH is 1. The highest BCUT2D eigenvalue weighted by molar-refractivity contribution is 5.84. The maximum absolute atomic E-state index is 13.8. The van der Waals surface area contributed by atoms with E-state index in [-0.39, 0.29) is 31.1 Å². The van der Waals surface area contributed by atoms with Crippen molar-refractivity contribution in [3.05, 3.63) is 71.0 Å². The van der Waals surface area contributed by atoms with Crippen LogP contribution in [0.4, 0.5) is 0 Å². The Balaban J connectivity index is 1.21. The number of carboxylic acids is 1. The fourth-order valence-corrected chi connectivity index (χ4v) is 7.56. The molecule has 12 nitrogen and oxygen atoms in total. The summed E-state index contributed by atoms with van der Waals surface area (Å²) >= 11 is 0. The summed E-state index contributed by atoms with van der Waals surface area (Å²) in [6.45, 7) is -0.202. The van der Waals surface area contributed by atoms with Crippen molar-refractivity contribution >= 4 is 23.8 Å². The summed E-state index contributed by atoms with van der Waals surface area (Å²) in [5.41, 5.74) is 0.452. The van der Waals surface area contributed by atoms with Crippen LogP contribution in [0.2, 0.25) is 0 Å². The second-order valence-corrected chi connectivity index (χ2v) is 12.0. The lowest BCUT2D eigenvalue weighted by Crippen LogP contribution is -2.67. The quantitative estimate of drug-likeness (QED) is 0.271. The van der Waals surface area contributed by atoms with Gasteiger partial charge < -0.3 is 39.6 Å². The van der Waals surface area contributed by atoms with E-state index >= 15 is 0 Å². The van der Waals surface area contributed by atoms with Crippen LogP contribution in [0.25, 0.3) is 0 Å². The van der Waals surface area contributed by atoms with Crippen LogP contribution in [0.3, 0.4) is 0 Å². The van der Waals surface area contributed by atoms with E-state index in [0.29, 0.717) is 23.5 Å². The van der Waals surface area contributed by atoms with Crippen molar-refractivity contribution in [1.29, 1.82) is 0 Å². The summed E-state index contributed by atoms with van der Waals surface area (Å²) < 4.78 is 23.7. The van der Waals surface area contributed by atoms with E-state index in [1.807, 2.05) is 12.1 Å². The van der Waals surface area contributed by atoms with Crippen molar-refractivity contribution in [2.75, 3.05) is 13.7 Å². The zero-order chi connectivity index (χ0) is 31.9. The predicted octanol–water partition coefficient (Wildman–Crippen LogP) is 2.24. The highest BCUT2D eigenvalue weighted by Crippen LogP contribution is 2.67. The van der Waals surface area contributed by atoms with Gasteiger partial charge in [-0.05, 0) is 49.3 Å². The molecule has 4 N–H and O–H groups in total. The summed E-state index contributed by atoms with van der Waals surface area (Å²) in [5.74, 6) is -2.63. The minimum absolute atomic E-state index is 0.0172. The number of methoxy groups -OCH3 is 1. The van der Waals surface area contributed by atoms with Gasteiger partial charge >= 0.3 is 17.9 Å². The molecule has 238 valence electrons. The van der Waals surface area contributed by atoms with Gasteiger partial charge in [0.2, 0.25) is 12.0 Å². The third kappa shape index (κ3) is 5.11. The number of hydrogen-bond donors (Lipinski definition) is 4. The molecule has 4 aliphatic rings. The Bertz CT molecular complexity index is 1560. The molecule has 1 fully saturated rings. The zero-order valence-electron chi connectivity index (χ0n) is 24.7. The first-order valence-corrected chi connectivity index (χ1v) is 15.0. The van der Waals surface area contributed by atoms with Gasteiger partial charge in [-0.1, -0.05) is 42.8 Å². The van der Waals surface area contributed by atoms with E-state index in [4.69, 9.17) is 24.1 Å². The van der Waals surface area contributed by atoms with Crippen molar-refractivity contribution in [3.8, 4) is 11.5 Å². The number of carbonyl (C=O) groups excluding carboxylic acids is 3. The molecule has 6 atom stereocenters. The van der Waals surface area contributed by atoms with Crippen LogP contribution >= 0.6 is 0 Å². The number of hydrogen-bond acceptors (Lipinski definition) is 10. The molecule has 1 spiro atoms. The highest BCUT2D eigenvalue weighted by Gasteiger charge is 2.71. The summed E-state index contributed by atoms with van der Waals surface area (Å²) in [6.07, 6.45) is -0.0204. The lowest BCUT2D eigenvalue weighted by molar-refractivity contribution is -0.172. The third-order valence-corrected chi connectivity index (χ3v) is 9.57. The molecular weight excluding hydrogens is 586 g/mol. The largest absolute Gasteiger partial charge is 0.493 e. The molecule has 2 bridgehead atoms. The van der Waals surface area contributed by atoms with Crippen LogP contribution in [0, 0.1) is 5.92 Å². The van der Waals surface area contributed by atoms with Gasteiger partial charge in [-0.3, -0.25) is 9.59 Å². The minimum atomic E-state index is -1.86. The molecule has 45 heavy (non-hydrogen) atoms. The second-order valence-electron chi connectivity index (χ2n) is 12.0. The average Bonchev–Trinajstić information content (AvgIpc) is 3.36. The maximum Gasteiger partial charge on any atom is 0.357 e. The summed E-state index contributed by atoms with van der Waals surface area (Å²) in [7, 11) is 1.56. The Hall–Kier alpha value is -4.42. The van der Waals surface area contributed by atoms with Gasteiger partial charge in [-0.2, -0.15) is 0 Å². The fourth-order valence-electron chi connectivity index (χ4n) is 7.56. The Morgan fingerprint density at radius 2 is 1.91 bits per heavy atom. The standard InChI is InChI=1S/C33H35NO11/c1-42-22-10-9-19-16-20-8-5-13-32-26(19)28(22)45-29(32)23(11-14-33(20,32)41)43-31(40)27(18-6-3-2-4-7-18)44-25(37)12-15-34-24(36)17-21(35)30(38)39/h2-4,6-7,9-11,20-21,27,29,35,41H,5,8,12-17H2,1H3,(H,34,36)(H,38,39)/t20-,21-,27+,29+,32+,33-/m0/s1. The number of carboxylic acid groups (broad SMARTS) is 1. The van der Waals surface area contributed by atoms with Gasteiger partial charge in [-0.15, -0.1) is 0 Å². The van der Waals surface area contributed by atoms with Crippen LogP contribution in [-0.2, 0) is 40.5 Å². The van der Waals surface area contributed by atoms with E-state index in [9.17, 15) is 29.4 Å². The molecule has 3 aliphatic carbocycles. The van der Waals surface area contributed by atoms with E-state index in [1.165, 1.54) is 0 Å². The zero-order valence-corrected chi connectivity index (χ0v) is 24.7. The van der Waals surface area contributed by atoms with E-state index in [1.54, 1.807) is 43.5 Å². The number of carbonyl (C=O) groups is 4. The minimum Gasteiger partial charge on any atom is -0.493 e. The van der Waals surface area contributed by atoms with Crippen molar-refractivity contribution in [2.24, 2.45) is 5.92 Å². The fraction of sp³-hybridized carbons (Fsp3) is 0.455. The monoisotopic (exact) mass is 621 g/mol.